The maximum absolute atomic E-state index is 13.2. The predicted octanol–water partition coefficient (Wildman–Crippen LogP) is 3.81. The third-order valence-electron chi connectivity index (χ3n) is 6.89. The molecule has 3 heterocycles. The van der Waals surface area contributed by atoms with E-state index in [2.05, 4.69) is 59.7 Å². The fourth-order valence-corrected chi connectivity index (χ4v) is 5.23. The Hall–Kier alpha value is -2.44. The molecule has 1 amide bonds. The molecule has 3 unspecified atom stereocenters. The summed E-state index contributed by atoms with van der Waals surface area (Å²) in [6.45, 7) is 8.56. The van der Waals surface area contributed by atoms with E-state index in [0.29, 0.717) is 18.9 Å². The van der Waals surface area contributed by atoms with E-state index in [1.165, 1.54) is 23.1 Å². The molecule has 172 valence electrons. The number of likely N-dealkylation sites (tertiary alicyclic amines) is 1. The van der Waals surface area contributed by atoms with E-state index < -0.39 is 0 Å². The molecule has 2 saturated heterocycles. The molecule has 1 aromatic heterocycles. The van der Waals surface area contributed by atoms with Crippen LogP contribution in [0.15, 0.2) is 36.7 Å². The number of nitrogens with one attached hydrogen (secondary N) is 2. The fourth-order valence-electron chi connectivity index (χ4n) is 5.23. The number of carbonyl (C=O) groups excluding carboxylic acids is 1. The van der Waals surface area contributed by atoms with Crippen LogP contribution in [0.4, 0.5) is 0 Å². The van der Waals surface area contributed by atoms with Crippen molar-refractivity contribution in [2.75, 3.05) is 19.7 Å². The number of amides is 1. The highest BCUT2D eigenvalue weighted by atomic mass is 16.5. The molecule has 6 nitrogen and oxygen atoms in total. The zero-order valence-corrected chi connectivity index (χ0v) is 19.6. The first-order valence-electron chi connectivity index (χ1n) is 11.9. The Morgan fingerprint density at radius 1 is 1.19 bits per heavy atom. The van der Waals surface area contributed by atoms with Crippen molar-refractivity contribution in [2.45, 2.75) is 70.9 Å². The van der Waals surface area contributed by atoms with Gasteiger partial charge in [0.15, 0.2) is 0 Å². The summed E-state index contributed by atoms with van der Waals surface area (Å²) < 4.78 is 5.95. The summed E-state index contributed by atoms with van der Waals surface area (Å²) in [5.41, 5.74) is 11.8. The Labute approximate surface area is 191 Å². The number of hydrogen-bond donors (Lipinski definition) is 2. The minimum absolute atomic E-state index is 0.212. The Balaban J connectivity index is 1.36. The van der Waals surface area contributed by atoms with Gasteiger partial charge in [-0.2, -0.15) is 0 Å². The number of pyridine rings is 1. The van der Waals surface area contributed by atoms with Gasteiger partial charge in [-0.25, -0.2) is 0 Å². The van der Waals surface area contributed by atoms with Crippen LogP contribution in [-0.4, -0.2) is 47.6 Å². The zero-order valence-electron chi connectivity index (χ0n) is 19.6. The van der Waals surface area contributed by atoms with Gasteiger partial charge < -0.3 is 9.64 Å². The summed E-state index contributed by atoms with van der Waals surface area (Å²) in [4.78, 5) is 19.6. The minimum atomic E-state index is 0.212. The Morgan fingerprint density at radius 2 is 2.06 bits per heavy atom. The first-order chi connectivity index (χ1) is 15.5. The smallest absolute Gasteiger partial charge is 0.223 e. The number of hydrazine groups is 1. The summed E-state index contributed by atoms with van der Waals surface area (Å²) in [5.74, 6) is 1.50. The molecule has 0 saturated carbocycles. The molecule has 4 rings (SSSR count). The van der Waals surface area contributed by atoms with Crippen molar-refractivity contribution in [2.24, 2.45) is 0 Å². The molecule has 2 N–H and O–H groups in total. The molecule has 0 spiro atoms. The van der Waals surface area contributed by atoms with Crippen molar-refractivity contribution >= 4 is 5.91 Å². The minimum Gasteiger partial charge on any atom is -0.493 e. The van der Waals surface area contributed by atoms with Crippen LogP contribution in [0.25, 0.3) is 0 Å². The van der Waals surface area contributed by atoms with Gasteiger partial charge in [0.05, 0.1) is 6.61 Å². The van der Waals surface area contributed by atoms with Crippen LogP contribution in [0, 0.1) is 20.8 Å². The topological polar surface area (TPSA) is 66.5 Å². The molecule has 3 atom stereocenters. The normalized spacial score (nSPS) is 23.3. The average molecular weight is 437 g/mol. The summed E-state index contributed by atoms with van der Waals surface area (Å²) in [6.07, 6.45) is 8.37. The van der Waals surface area contributed by atoms with E-state index in [1.54, 1.807) is 0 Å². The summed E-state index contributed by atoms with van der Waals surface area (Å²) in [7, 11) is 0. The van der Waals surface area contributed by atoms with Crippen LogP contribution < -0.4 is 15.6 Å². The number of ether oxygens (including phenoxy) is 1. The van der Waals surface area contributed by atoms with Crippen molar-refractivity contribution in [3.05, 3.63) is 58.9 Å². The predicted molar refractivity (Wildman–Crippen MR) is 127 cm³/mol. The van der Waals surface area contributed by atoms with Crippen molar-refractivity contribution in [3.8, 4) is 5.75 Å². The second-order valence-electron chi connectivity index (χ2n) is 9.26. The molecule has 2 fully saturated rings. The number of carbonyl (C=O) groups is 1. The van der Waals surface area contributed by atoms with Crippen molar-refractivity contribution in [1.82, 2.24) is 20.7 Å². The monoisotopic (exact) mass is 436 g/mol. The van der Waals surface area contributed by atoms with E-state index in [9.17, 15) is 4.79 Å². The van der Waals surface area contributed by atoms with E-state index in [4.69, 9.17) is 4.74 Å². The third kappa shape index (κ3) is 5.13. The lowest BCUT2D eigenvalue weighted by atomic mass is 9.83. The highest BCUT2D eigenvalue weighted by Gasteiger charge is 2.40. The number of rotatable bonds is 7. The molecule has 2 aliphatic heterocycles. The molecule has 2 aliphatic rings. The largest absolute Gasteiger partial charge is 0.493 e. The molecular weight excluding hydrogens is 400 g/mol. The maximum atomic E-state index is 13.2. The standard InChI is InChI=1S/C26H36N4O2/c1-18-9-10-24(19(2)15-18)32-14-6-8-25(31)30-13-5-4-7-23(30)26-22(17-28-29-26)21-11-12-27-16-20(21)3/h9-12,15-16,22-23,26,28-29H,4-8,13-14,17H2,1-3H3. The zero-order chi connectivity index (χ0) is 22.5. The number of piperidine rings is 1. The number of benzene rings is 1. The van der Waals surface area contributed by atoms with Gasteiger partial charge in [0.2, 0.25) is 5.91 Å². The van der Waals surface area contributed by atoms with Crippen LogP contribution in [0.5, 0.6) is 5.75 Å². The second kappa shape index (κ2) is 10.5. The van der Waals surface area contributed by atoms with Gasteiger partial charge in [-0.1, -0.05) is 17.7 Å². The SMILES string of the molecule is Cc1ccc(OCCCC(=O)N2CCCCC2C2NNCC2c2ccncc2C)c(C)c1. The lowest BCUT2D eigenvalue weighted by Crippen LogP contribution is -2.55. The van der Waals surface area contributed by atoms with Crippen LogP contribution in [-0.2, 0) is 4.79 Å². The molecule has 1 aromatic carbocycles. The molecule has 32 heavy (non-hydrogen) atoms. The fraction of sp³-hybridized carbons (Fsp3) is 0.538. The first kappa shape index (κ1) is 22.7. The van der Waals surface area contributed by atoms with E-state index in [1.807, 2.05) is 18.5 Å². The average Bonchev–Trinajstić information content (AvgIpc) is 3.27. The van der Waals surface area contributed by atoms with Gasteiger partial charge in [-0.3, -0.25) is 20.6 Å². The van der Waals surface area contributed by atoms with Gasteiger partial charge >= 0.3 is 0 Å². The highest BCUT2D eigenvalue weighted by molar-refractivity contribution is 5.76. The van der Waals surface area contributed by atoms with Crippen molar-refractivity contribution in [1.29, 1.82) is 0 Å². The number of hydrogen-bond acceptors (Lipinski definition) is 5. The lowest BCUT2D eigenvalue weighted by Gasteiger charge is -2.41. The molecule has 0 aliphatic carbocycles. The molecule has 0 radical (unpaired) electrons. The van der Waals surface area contributed by atoms with Crippen LogP contribution in [0.2, 0.25) is 0 Å². The number of nitrogens with zero attached hydrogens (tertiary/aromatic N) is 2. The molecular formula is C26H36N4O2. The van der Waals surface area contributed by atoms with E-state index in [0.717, 1.165) is 43.7 Å². The van der Waals surface area contributed by atoms with Crippen LogP contribution in [0.3, 0.4) is 0 Å². The summed E-state index contributed by atoms with van der Waals surface area (Å²) in [5, 5.41) is 0. The van der Waals surface area contributed by atoms with E-state index >= 15 is 0 Å². The Bertz CT molecular complexity index is 932. The maximum Gasteiger partial charge on any atom is 0.223 e. The van der Waals surface area contributed by atoms with Gasteiger partial charge in [0.1, 0.15) is 5.75 Å². The van der Waals surface area contributed by atoms with Gasteiger partial charge in [-0.15, -0.1) is 0 Å². The number of aromatic nitrogens is 1. The molecule has 0 bridgehead atoms. The van der Waals surface area contributed by atoms with E-state index in [-0.39, 0.29) is 18.0 Å². The van der Waals surface area contributed by atoms with Crippen LogP contribution in [0.1, 0.15) is 60.3 Å². The first-order valence-corrected chi connectivity index (χ1v) is 11.9. The highest BCUT2D eigenvalue weighted by Crippen LogP contribution is 2.32. The van der Waals surface area contributed by atoms with Crippen LogP contribution >= 0.6 is 0 Å². The second-order valence-corrected chi connectivity index (χ2v) is 9.26. The Kier molecular flexibility index (Phi) is 7.43. The molecule has 2 aromatic rings. The summed E-state index contributed by atoms with van der Waals surface area (Å²) >= 11 is 0. The summed E-state index contributed by atoms with van der Waals surface area (Å²) in [6, 6.07) is 8.77. The Morgan fingerprint density at radius 3 is 2.88 bits per heavy atom. The quantitative estimate of drug-likeness (QED) is 0.646. The van der Waals surface area contributed by atoms with Crippen molar-refractivity contribution < 1.29 is 9.53 Å². The number of aryl methyl sites for hydroxylation is 3. The molecule has 6 heteroatoms. The lowest BCUT2D eigenvalue weighted by molar-refractivity contribution is -0.135. The van der Waals surface area contributed by atoms with Crippen molar-refractivity contribution in [3.63, 3.8) is 0 Å². The van der Waals surface area contributed by atoms with Gasteiger partial charge in [0, 0.05) is 49.9 Å². The van der Waals surface area contributed by atoms with Gasteiger partial charge in [0.25, 0.3) is 0 Å². The van der Waals surface area contributed by atoms with Gasteiger partial charge in [-0.05, 0) is 75.3 Å². The third-order valence-corrected chi connectivity index (χ3v) is 6.89.